The molecule has 1 aliphatic heterocycles. The lowest BCUT2D eigenvalue weighted by molar-refractivity contribution is 0.122. The summed E-state index contributed by atoms with van der Waals surface area (Å²) in [4.78, 5) is 6.66. The minimum atomic E-state index is 0.811. The lowest BCUT2D eigenvalue weighted by Gasteiger charge is -2.28. The van der Waals surface area contributed by atoms with Crippen LogP contribution in [-0.4, -0.2) is 41.1 Å². The Morgan fingerprint density at radius 3 is 2.58 bits per heavy atom. The van der Waals surface area contributed by atoms with E-state index in [-0.39, 0.29) is 0 Å². The van der Waals surface area contributed by atoms with Gasteiger partial charge in [-0.1, -0.05) is 0 Å². The molecule has 0 spiro atoms. The number of anilines is 1. The monoisotopic (exact) mass is 258 g/mol. The molecule has 0 amide bonds. The molecule has 0 aliphatic carbocycles. The van der Waals surface area contributed by atoms with E-state index in [0.29, 0.717) is 0 Å². The fourth-order valence-electron chi connectivity index (χ4n) is 2.36. The van der Waals surface area contributed by atoms with Crippen LogP contribution in [0.4, 0.5) is 5.69 Å². The molecule has 3 rings (SSSR count). The second-order valence-corrected chi connectivity index (χ2v) is 4.55. The van der Waals surface area contributed by atoms with E-state index in [1.54, 1.807) is 6.33 Å². The van der Waals surface area contributed by atoms with E-state index in [1.807, 2.05) is 4.68 Å². The molecule has 100 valence electrons. The highest BCUT2D eigenvalue weighted by molar-refractivity contribution is 5.60. The Bertz CT molecular complexity index is 529. The second-order valence-electron chi connectivity index (χ2n) is 4.55. The number of rotatable bonds is 3. The van der Waals surface area contributed by atoms with Crippen molar-refractivity contribution >= 4 is 5.69 Å². The zero-order valence-corrected chi connectivity index (χ0v) is 11.1. The Labute approximate surface area is 112 Å². The lowest BCUT2D eigenvalue weighted by atomic mass is 10.1. The molecule has 0 radical (unpaired) electrons. The maximum atomic E-state index is 5.37. The third-order valence-corrected chi connectivity index (χ3v) is 3.42. The van der Waals surface area contributed by atoms with Gasteiger partial charge in [-0.15, -0.1) is 0 Å². The van der Waals surface area contributed by atoms with Gasteiger partial charge in [-0.25, -0.2) is 9.67 Å². The van der Waals surface area contributed by atoms with Crippen molar-refractivity contribution in [2.45, 2.75) is 13.5 Å². The minimum absolute atomic E-state index is 0.811. The molecule has 19 heavy (non-hydrogen) atoms. The third kappa shape index (κ3) is 2.46. The number of benzene rings is 1. The zero-order chi connectivity index (χ0) is 13.1. The van der Waals surface area contributed by atoms with Gasteiger partial charge in [0.15, 0.2) is 5.82 Å². The van der Waals surface area contributed by atoms with Gasteiger partial charge in [0.1, 0.15) is 6.33 Å². The summed E-state index contributed by atoms with van der Waals surface area (Å²) < 4.78 is 7.28. The molecular weight excluding hydrogens is 240 g/mol. The Morgan fingerprint density at radius 2 is 1.89 bits per heavy atom. The average molecular weight is 258 g/mol. The molecule has 5 nitrogen and oxygen atoms in total. The van der Waals surface area contributed by atoms with E-state index in [2.05, 4.69) is 46.2 Å². The predicted molar refractivity (Wildman–Crippen MR) is 74.2 cm³/mol. The Kier molecular flexibility index (Phi) is 3.46. The van der Waals surface area contributed by atoms with Crippen LogP contribution >= 0.6 is 0 Å². The van der Waals surface area contributed by atoms with Crippen LogP contribution in [0.1, 0.15) is 6.92 Å². The summed E-state index contributed by atoms with van der Waals surface area (Å²) in [7, 11) is 0. The molecule has 1 aromatic carbocycles. The van der Waals surface area contributed by atoms with Crippen molar-refractivity contribution in [2.75, 3.05) is 31.2 Å². The van der Waals surface area contributed by atoms with Crippen molar-refractivity contribution in [3.8, 4) is 11.4 Å². The van der Waals surface area contributed by atoms with Crippen LogP contribution in [0.3, 0.4) is 0 Å². The fourth-order valence-corrected chi connectivity index (χ4v) is 2.36. The first-order valence-corrected chi connectivity index (χ1v) is 6.69. The van der Waals surface area contributed by atoms with Crippen LogP contribution in [0, 0.1) is 0 Å². The van der Waals surface area contributed by atoms with Gasteiger partial charge in [-0.2, -0.15) is 5.10 Å². The molecule has 1 saturated heterocycles. The summed E-state index contributed by atoms with van der Waals surface area (Å²) in [6, 6.07) is 8.52. The van der Waals surface area contributed by atoms with Crippen molar-refractivity contribution in [2.24, 2.45) is 0 Å². The molecular formula is C14H18N4O. The molecule has 1 fully saturated rings. The largest absolute Gasteiger partial charge is 0.378 e. The Hall–Kier alpha value is -1.88. The maximum absolute atomic E-state index is 5.37. The summed E-state index contributed by atoms with van der Waals surface area (Å²) in [5, 5.41) is 4.20. The number of aromatic nitrogens is 3. The predicted octanol–water partition coefficient (Wildman–Crippen LogP) is 1.80. The standard InChI is InChI=1S/C14H18N4O/c1-2-18-14(15-11-16-18)12-3-5-13(6-4-12)17-7-9-19-10-8-17/h3-6,11H,2,7-10H2,1H3. The number of nitrogens with zero attached hydrogens (tertiary/aromatic N) is 4. The van der Waals surface area contributed by atoms with E-state index >= 15 is 0 Å². The van der Waals surface area contributed by atoms with E-state index in [0.717, 1.165) is 44.2 Å². The molecule has 0 atom stereocenters. The highest BCUT2D eigenvalue weighted by Crippen LogP contribution is 2.22. The van der Waals surface area contributed by atoms with Gasteiger partial charge < -0.3 is 9.64 Å². The van der Waals surface area contributed by atoms with Crippen LogP contribution in [0.25, 0.3) is 11.4 Å². The summed E-state index contributed by atoms with van der Waals surface area (Å²) >= 11 is 0. The van der Waals surface area contributed by atoms with Crippen molar-refractivity contribution in [1.29, 1.82) is 0 Å². The van der Waals surface area contributed by atoms with Crippen molar-refractivity contribution in [3.05, 3.63) is 30.6 Å². The first-order chi connectivity index (χ1) is 9.38. The van der Waals surface area contributed by atoms with E-state index in [9.17, 15) is 0 Å². The highest BCUT2D eigenvalue weighted by Gasteiger charge is 2.12. The smallest absolute Gasteiger partial charge is 0.158 e. The van der Waals surface area contributed by atoms with Gasteiger partial charge in [0.05, 0.1) is 13.2 Å². The lowest BCUT2D eigenvalue weighted by Crippen LogP contribution is -2.36. The summed E-state index contributed by atoms with van der Waals surface area (Å²) in [6.45, 7) is 6.45. The molecule has 0 bridgehead atoms. The minimum Gasteiger partial charge on any atom is -0.378 e. The van der Waals surface area contributed by atoms with Gasteiger partial charge in [0.2, 0.25) is 0 Å². The molecule has 2 aromatic rings. The topological polar surface area (TPSA) is 43.2 Å². The second kappa shape index (κ2) is 5.40. The van der Waals surface area contributed by atoms with Gasteiger partial charge >= 0.3 is 0 Å². The van der Waals surface area contributed by atoms with Crippen LogP contribution in [0.15, 0.2) is 30.6 Å². The number of ether oxygens (including phenoxy) is 1. The van der Waals surface area contributed by atoms with E-state index in [1.165, 1.54) is 5.69 Å². The van der Waals surface area contributed by atoms with Crippen LogP contribution in [-0.2, 0) is 11.3 Å². The summed E-state index contributed by atoms with van der Waals surface area (Å²) in [5.41, 5.74) is 2.35. The molecule has 1 aromatic heterocycles. The third-order valence-electron chi connectivity index (χ3n) is 3.42. The first-order valence-electron chi connectivity index (χ1n) is 6.69. The number of hydrogen-bond acceptors (Lipinski definition) is 4. The van der Waals surface area contributed by atoms with Gasteiger partial charge in [0.25, 0.3) is 0 Å². The summed E-state index contributed by atoms with van der Waals surface area (Å²) in [6.07, 6.45) is 1.61. The number of hydrogen-bond donors (Lipinski definition) is 0. The van der Waals surface area contributed by atoms with Crippen molar-refractivity contribution in [3.63, 3.8) is 0 Å². The quantitative estimate of drug-likeness (QED) is 0.842. The maximum Gasteiger partial charge on any atom is 0.158 e. The molecule has 5 heteroatoms. The molecule has 0 N–H and O–H groups in total. The van der Waals surface area contributed by atoms with E-state index < -0.39 is 0 Å². The molecule has 1 aliphatic rings. The fraction of sp³-hybridized carbons (Fsp3) is 0.429. The van der Waals surface area contributed by atoms with Gasteiger partial charge in [-0.3, -0.25) is 0 Å². The highest BCUT2D eigenvalue weighted by atomic mass is 16.5. The normalized spacial score (nSPS) is 15.7. The SMILES string of the molecule is CCn1ncnc1-c1ccc(N2CCOCC2)cc1. The molecule has 2 heterocycles. The van der Waals surface area contributed by atoms with Gasteiger partial charge in [-0.05, 0) is 31.2 Å². The van der Waals surface area contributed by atoms with Crippen LogP contribution in [0.5, 0.6) is 0 Å². The van der Waals surface area contributed by atoms with Crippen molar-refractivity contribution in [1.82, 2.24) is 14.8 Å². The molecule has 0 saturated carbocycles. The zero-order valence-electron chi connectivity index (χ0n) is 11.1. The summed E-state index contributed by atoms with van der Waals surface area (Å²) in [5.74, 6) is 0.927. The Morgan fingerprint density at radius 1 is 1.16 bits per heavy atom. The number of morpholine rings is 1. The first kappa shape index (κ1) is 12.2. The Balaban J connectivity index is 1.82. The van der Waals surface area contributed by atoms with Crippen LogP contribution in [0.2, 0.25) is 0 Å². The van der Waals surface area contributed by atoms with Gasteiger partial charge in [0, 0.05) is 30.9 Å². The van der Waals surface area contributed by atoms with Crippen molar-refractivity contribution < 1.29 is 4.74 Å². The van der Waals surface area contributed by atoms with E-state index in [4.69, 9.17) is 4.74 Å². The average Bonchev–Trinajstić information content (AvgIpc) is 2.97. The van der Waals surface area contributed by atoms with Crippen LogP contribution < -0.4 is 4.90 Å². The number of aryl methyl sites for hydroxylation is 1. The molecule has 0 unspecified atom stereocenters.